The third-order valence-corrected chi connectivity index (χ3v) is 25.4. The van der Waals surface area contributed by atoms with Crippen molar-refractivity contribution >= 4 is 41.6 Å². The Kier molecular flexibility index (Phi) is 16.4. The summed E-state index contributed by atoms with van der Waals surface area (Å²) in [6.45, 7) is 23.1. The minimum Gasteiger partial charge on any atom is -0.381 e. The summed E-state index contributed by atoms with van der Waals surface area (Å²) in [6.07, 6.45) is 10.1. The van der Waals surface area contributed by atoms with Crippen LogP contribution in [0, 0.1) is 19.6 Å². The topological polar surface area (TPSA) is 9.23 Å². The first-order chi connectivity index (χ1) is 10.5. The molecule has 1 aliphatic carbocycles. The molecule has 2 rings (SSSR count). The van der Waals surface area contributed by atoms with E-state index in [2.05, 4.69) is 57.2 Å². The Balaban J connectivity index is -0.000000572. The molecule has 0 aromatic carbocycles. The summed E-state index contributed by atoms with van der Waals surface area (Å²) >= 11 is 0. The normalized spacial score (nSPS) is 18.8. The standard InChI is InChI=1S/C15H35Si3.C4H8O.2CH3.Al/c1-16(2,3)15(17(4,5)6)18(7,8)14-12-10-9-11-13-14;1-2-4-5-3-1;;;/h14H,9-13H2,1-8H3;1-4H2;2*1H3;/q-1;;2*-1;+3. The first kappa shape index (κ1) is 31.8. The van der Waals surface area contributed by atoms with Gasteiger partial charge in [-0.1, -0.05) is 98.1 Å². The predicted octanol–water partition coefficient (Wildman–Crippen LogP) is 7.21. The Labute approximate surface area is 181 Å². The van der Waals surface area contributed by atoms with Crippen LogP contribution in [0.25, 0.3) is 0 Å². The third-order valence-electron chi connectivity index (χ3n) is 5.60. The summed E-state index contributed by atoms with van der Waals surface area (Å²) < 4.78 is 4.94. The first-order valence-corrected chi connectivity index (χ1v) is 20.0. The molecule has 1 saturated heterocycles. The van der Waals surface area contributed by atoms with E-state index in [9.17, 15) is 0 Å². The molecular formula is C21H49AlOSi3. The average Bonchev–Trinajstić information content (AvgIpc) is 2.94. The largest absolute Gasteiger partial charge is 3.00 e. The van der Waals surface area contributed by atoms with Crippen LogP contribution >= 0.6 is 0 Å². The molecule has 26 heavy (non-hydrogen) atoms. The second-order valence-corrected chi connectivity index (χ2v) is 26.5. The minimum absolute atomic E-state index is 0. The van der Waals surface area contributed by atoms with Crippen molar-refractivity contribution in [3.63, 3.8) is 0 Å². The van der Waals surface area contributed by atoms with Crippen LogP contribution in [0.2, 0.25) is 57.9 Å². The molecule has 1 aliphatic heterocycles. The summed E-state index contributed by atoms with van der Waals surface area (Å²) in [5.41, 5.74) is 1.10. The Bertz CT molecular complexity index is 317. The predicted molar refractivity (Wildman–Crippen MR) is 133 cm³/mol. The van der Waals surface area contributed by atoms with Gasteiger partial charge in [-0.05, 0) is 12.8 Å². The van der Waals surface area contributed by atoms with Gasteiger partial charge in [0.25, 0.3) is 0 Å². The van der Waals surface area contributed by atoms with Gasteiger partial charge < -0.3 is 24.4 Å². The molecule has 0 unspecified atom stereocenters. The second-order valence-electron chi connectivity index (χ2n) is 10.3. The van der Waals surface area contributed by atoms with Crippen molar-refractivity contribution in [2.45, 2.75) is 103 Å². The van der Waals surface area contributed by atoms with Gasteiger partial charge in [-0.25, -0.2) is 0 Å². The van der Waals surface area contributed by atoms with E-state index in [-0.39, 0.29) is 32.2 Å². The van der Waals surface area contributed by atoms with Crippen molar-refractivity contribution in [2.24, 2.45) is 0 Å². The zero-order valence-corrected chi connectivity index (χ0v) is 24.1. The van der Waals surface area contributed by atoms with E-state index in [1.165, 1.54) is 44.9 Å². The second kappa shape index (κ2) is 13.4. The van der Waals surface area contributed by atoms with Gasteiger partial charge in [-0.2, -0.15) is 0 Å². The summed E-state index contributed by atoms with van der Waals surface area (Å²) in [5, 5.41) is 0. The maximum atomic E-state index is 4.94. The van der Waals surface area contributed by atoms with Gasteiger partial charge in [-0.15, -0.1) is 16.1 Å². The van der Waals surface area contributed by atoms with Crippen molar-refractivity contribution in [1.82, 2.24) is 0 Å². The molecule has 0 bridgehead atoms. The van der Waals surface area contributed by atoms with E-state index in [1.807, 2.05) is 0 Å². The molecule has 0 aromatic heterocycles. The fraction of sp³-hybridized carbons (Fsp3) is 0.857. The van der Waals surface area contributed by atoms with Crippen LogP contribution in [0.4, 0.5) is 0 Å². The molecule has 1 saturated carbocycles. The SMILES string of the molecule is C1CCOC1.C[Si](C)(C)[C-]([Si](C)(C)C)[Si](C)(C)C1CCCCC1.[Al+3].[CH3-].[CH3-]. The summed E-state index contributed by atoms with van der Waals surface area (Å²) in [4.78, 5) is 2.18. The molecule has 0 amide bonds. The molecule has 0 spiro atoms. The van der Waals surface area contributed by atoms with Crippen LogP contribution in [0.5, 0.6) is 0 Å². The Morgan fingerprint density at radius 3 is 1.31 bits per heavy atom. The molecule has 2 aliphatic rings. The fourth-order valence-electron chi connectivity index (χ4n) is 5.60. The van der Waals surface area contributed by atoms with Gasteiger partial charge >= 0.3 is 17.4 Å². The van der Waals surface area contributed by atoms with Gasteiger partial charge in [0.2, 0.25) is 0 Å². The molecule has 1 heterocycles. The number of hydrogen-bond acceptors (Lipinski definition) is 1. The van der Waals surface area contributed by atoms with E-state index in [0.29, 0.717) is 0 Å². The number of rotatable bonds is 4. The molecule has 0 radical (unpaired) electrons. The quantitative estimate of drug-likeness (QED) is 0.339. The van der Waals surface area contributed by atoms with Crippen LogP contribution in [0.3, 0.4) is 0 Å². The Morgan fingerprint density at radius 1 is 0.654 bits per heavy atom. The van der Waals surface area contributed by atoms with Crippen molar-refractivity contribution in [2.75, 3.05) is 13.2 Å². The molecule has 5 heteroatoms. The van der Waals surface area contributed by atoms with Gasteiger partial charge in [0, 0.05) is 13.2 Å². The molecule has 0 N–H and O–H groups in total. The van der Waals surface area contributed by atoms with Crippen molar-refractivity contribution in [3.8, 4) is 0 Å². The van der Waals surface area contributed by atoms with Gasteiger partial charge in [0.05, 0.1) is 0 Å². The summed E-state index contributed by atoms with van der Waals surface area (Å²) in [7, 11) is -3.37. The van der Waals surface area contributed by atoms with Crippen LogP contribution in [-0.4, -0.2) is 54.8 Å². The van der Waals surface area contributed by atoms with Crippen molar-refractivity contribution in [1.29, 1.82) is 0 Å². The number of ether oxygens (including phenoxy) is 1. The van der Waals surface area contributed by atoms with Crippen LogP contribution in [-0.2, 0) is 4.74 Å². The maximum Gasteiger partial charge on any atom is 3.00 e. The van der Waals surface area contributed by atoms with Crippen molar-refractivity contribution < 1.29 is 4.74 Å². The maximum absolute atomic E-state index is 4.94. The zero-order valence-electron chi connectivity index (χ0n) is 19.9. The third kappa shape index (κ3) is 10.1. The van der Waals surface area contributed by atoms with Gasteiger partial charge in [0.15, 0.2) is 0 Å². The molecule has 0 aromatic rings. The van der Waals surface area contributed by atoms with E-state index in [4.69, 9.17) is 4.74 Å². The zero-order chi connectivity index (χ0) is 17.7. The van der Waals surface area contributed by atoms with Gasteiger partial charge in [0.1, 0.15) is 0 Å². The Hall–Kier alpha value is 1.14. The smallest absolute Gasteiger partial charge is 0.381 e. The first-order valence-electron chi connectivity index (χ1n) is 9.93. The van der Waals surface area contributed by atoms with Crippen LogP contribution < -0.4 is 0 Å². The molecule has 1 nitrogen and oxygen atoms in total. The van der Waals surface area contributed by atoms with Crippen LogP contribution in [0.15, 0.2) is 0 Å². The van der Waals surface area contributed by atoms with E-state index >= 15 is 0 Å². The fourth-order valence-corrected chi connectivity index (χ4v) is 33.5. The minimum atomic E-state index is -1.16. The molecular weight excluding hydrogens is 379 g/mol. The molecule has 2 fully saturated rings. The average molecular weight is 429 g/mol. The molecule has 154 valence electrons. The van der Waals surface area contributed by atoms with E-state index < -0.39 is 24.2 Å². The van der Waals surface area contributed by atoms with Crippen molar-refractivity contribution in [3.05, 3.63) is 19.6 Å². The van der Waals surface area contributed by atoms with Crippen LogP contribution in [0.1, 0.15) is 44.9 Å². The van der Waals surface area contributed by atoms with E-state index in [1.54, 1.807) is 0 Å². The summed E-state index contributed by atoms with van der Waals surface area (Å²) in [6, 6.07) is 0. The monoisotopic (exact) mass is 428 g/mol. The molecule has 0 atom stereocenters. The summed E-state index contributed by atoms with van der Waals surface area (Å²) in [5.74, 6) is 0. The Morgan fingerprint density at radius 2 is 1.04 bits per heavy atom. The van der Waals surface area contributed by atoms with Gasteiger partial charge in [-0.3, -0.25) is 0 Å². The van der Waals surface area contributed by atoms with E-state index in [0.717, 1.165) is 18.8 Å². The number of hydrogen-bond donors (Lipinski definition) is 0.